The van der Waals surface area contributed by atoms with Crippen LogP contribution in [0.2, 0.25) is 0 Å². The predicted octanol–water partition coefficient (Wildman–Crippen LogP) is 3.62. The lowest BCUT2D eigenvalue weighted by atomic mass is 9.91. The minimum absolute atomic E-state index is 0.0298. The molecule has 0 bridgehead atoms. The Labute approximate surface area is 200 Å². The van der Waals surface area contributed by atoms with Crippen LogP contribution in [0.3, 0.4) is 0 Å². The molecular formula is C25H19N3O4S2. The number of sulfonamides is 1. The lowest BCUT2D eigenvalue weighted by Gasteiger charge is -2.19. The molecule has 0 atom stereocenters. The van der Waals surface area contributed by atoms with Gasteiger partial charge in [-0.25, -0.2) is 13.6 Å². The van der Waals surface area contributed by atoms with Crippen molar-refractivity contribution in [2.75, 3.05) is 0 Å². The fourth-order valence-electron chi connectivity index (χ4n) is 3.91. The maximum absolute atomic E-state index is 12.7. The lowest BCUT2D eigenvalue weighted by molar-refractivity contribution is -0.114. The average Bonchev–Trinajstić information content (AvgIpc) is 3.25. The summed E-state index contributed by atoms with van der Waals surface area (Å²) in [5.74, 6) is -0.917. The van der Waals surface area contributed by atoms with Crippen molar-refractivity contribution in [2.45, 2.75) is 11.4 Å². The van der Waals surface area contributed by atoms with Gasteiger partial charge in [-0.05, 0) is 46.8 Å². The summed E-state index contributed by atoms with van der Waals surface area (Å²) >= 11 is 1.64. The Balaban J connectivity index is 1.46. The first kappa shape index (κ1) is 22.0. The van der Waals surface area contributed by atoms with Gasteiger partial charge in [-0.2, -0.15) is 0 Å². The third kappa shape index (κ3) is 4.12. The third-order valence-electron chi connectivity index (χ3n) is 5.62. The molecule has 1 aliphatic rings. The minimum atomic E-state index is -3.76. The van der Waals surface area contributed by atoms with Crippen LogP contribution in [-0.2, 0) is 21.4 Å². The maximum atomic E-state index is 12.7. The molecule has 4 N–H and O–H groups in total. The number of imide groups is 1. The number of fused-ring (bicyclic) bond motifs is 2. The van der Waals surface area contributed by atoms with E-state index in [1.165, 1.54) is 12.1 Å². The second-order valence-corrected chi connectivity index (χ2v) is 10.3. The number of carbonyl (C=O) groups excluding carboxylic acids is 2. The summed E-state index contributed by atoms with van der Waals surface area (Å²) in [4.78, 5) is 25.1. The molecule has 0 saturated carbocycles. The molecule has 34 heavy (non-hydrogen) atoms. The summed E-state index contributed by atoms with van der Waals surface area (Å²) in [5, 5.41) is 13.8. The fraction of sp³-hybridized carbons (Fsp3) is 0.0400. The minimum Gasteiger partial charge on any atom is -0.386 e. The van der Waals surface area contributed by atoms with E-state index in [9.17, 15) is 18.0 Å². The Hall–Kier alpha value is -3.79. The van der Waals surface area contributed by atoms with Crippen molar-refractivity contribution >= 4 is 48.8 Å². The lowest BCUT2D eigenvalue weighted by Crippen LogP contribution is -2.37. The van der Waals surface area contributed by atoms with Crippen molar-refractivity contribution in [3.05, 3.63) is 95.0 Å². The highest BCUT2D eigenvalue weighted by Gasteiger charge is 2.27. The number of hydrogen-bond donors (Lipinski definition) is 3. The highest BCUT2D eigenvalue weighted by Crippen LogP contribution is 2.36. The van der Waals surface area contributed by atoms with Crippen LogP contribution in [-0.4, -0.2) is 20.2 Å². The van der Waals surface area contributed by atoms with Gasteiger partial charge in [0.25, 0.3) is 11.8 Å². The van der Waals surface area contributed by atoms with Gasteiger partial charge in [-0.3, -0.25) is 14.9 Å². The SMILES string of the molecule is NS(=O)(=O)c1ccc(CNC=C2C(=O)NC(=O)c3ccc(-c4csc5ccccc45)cc32)cc1. The molecule has 2 amide bonds. The standard InChI is InChI=1S/C25H19N3O4S2/c26-34(31,32)17-8-5-15(6-9-17)12-27-13-21-20-11-16(7-10-19(20)24(29)28-25(21)30)22-14-33-23-4-2-1-3-18(22)23/h1-11,13-14,27H,12H2,(H2,26,31,32)(H,28,29,30). The fourth-order valence-corrected chi connectivity index (χ4v) is 5.39. The van der Waals surface area contributed by atoms with Crippen molar-refractivity contribution in [3.63, 3.8) is 0 Å². The zero-order valence-electron chi connectivity index (χ0n) is 17.7. The van der Waals surface area contributed by atoms with Gasteiger partial charge >= 0.3 is 0 Å². The van der Waals surface area contributed by atoms with E-state index in [1.54, 1.807) is 35.7 Å². The molecule has 0 fully saturated rings. The highest BCUT2D eigenvalue weighted by molar-refractivity contribution is 7.89. The predicted molar refractivity (Wildman–Crippen MR) is 132 cm³/mol. The molecule has 7 nitrogen and oxygen atoms in total. The van der Waals surface area contributed by atoms with Gasteiger partial charge in [-0.15, -0.1) is 11.3 Å². The zero-order chi connectivity index (χ0) is 23.9. The smallest absolute Gasteiger partial charge is 0.260 e. The highest BCUT2D eigenvalue weighted by atomic mass is 32.2. The Bertz CT molecular complexity index is 1590. The number of rotatable bonds is 5. The molecule has 4 aromatic rings. The molecule has 0 radical (unpaired) electrons. The van der Waals surface area contributed by atoms with Gasteiger partial charge in [0, 0.05) is 39.5 Å². The summed E-state index contributed by atoms with van der Waals surface area (Å²) in [6.07, 6.45) is 1.57. The van der Waals surface area contributed by atoms with E-state index >= 15 is 0 Å². The van der Waals surface area contributed by atoms with Crippen LogP contribution >= 0.6 is 11.3 Å². The van der Waals surface area contributed by atoms with E-state index in [2.05, 4.69) is 28.1 Å². The average molecular weight is 490 g/mol. The Morgan fingerprint density at radius 3 is 2.44 bits per heavy atom. The Kier molecular flexibility index (Phi) is 5.52. The third-order valence-corrected chi connectivity index (χ3v) is 7.52. The van der Waals surface area contributed by atoms with Crippen molar-refractivity contribution in [2.24, 2.45) is 5.14 Å². The van der Waals surface area contributed by atoms with Crippen LogP contribution in [0.1, 0.15) is 21.5 Å². The number of nitrogens with one attached hydrogen (secondary N) is 2. The second-order valence-electron chi connectivity index (χ2n) is 7.82. The van der Waals surface area contributed by atoms with Crippen molar-refractivity contribution in [1.29, 1.82) is 0 Å². The molecule has 0 aliphatic carbocycles. The van der Waals surface area contributed by atoms with E-state index in [-0.39, 0.29) is 4.90 Å². The van der Waals surface area contributed by atoms with Crippen molar-refractivity contribution in [3.8, 4) is 11.1 Å². The number of thiophene rings is 1. The Morgan fingerprint density at radius 2 is 1.68 bits per heavy atom. The van der Waals surface area contributed by atoms with Crippen LogP contribution < -0.4 is 15.8 Å². The molecule has 5 rings (SSSR count). The van der Waals surface area contributed by atoms with E-state index in [4.69, 9.17) is 5.14 Å². The summed E-state index contributed by atoms with van der Waals surface area (Å²) in [7, 11) is -3.76. The van der Waals surface area contributed by atoms with Gasteiger partial charge in [0.2, 0.25) is 10.0 Å². The molecule has 0 unspecified atom stereocenters. The van der Waals surface area contributed by atoms with Gasteiger partial charge < -0.3 is 5.32 Å². The molecule has 1 aromatic heterocycles. The van der Waals surface area contributed by atoms with E-state index < -0.39 is 21.8 Å². The second kappa shape index (κ2) is 8.53. The summed E-state index contributed by atoms with van der Waals surface area (Å²) in [6.45, 7) is 0.347. The molecule has 9 heteroatoms. The van der Waals surface area contributed by atoms with E-state index in [1.807, 2.05) is 24.3 Å². The van der Waals surface area contributed by atoms with Crippen molar-refractivity contribution in [1.82, 2.24) is 10.6 Å². The van der Waals surface area contributed by atoms with E-state index in [0.717, 1.165) is 26.8 Å². The van der Waals surface area contributed by atoms with Crippen LogP contribution in [0, 0.1) is 0 Å². The largest absolute Gasteiger partial charge is 0.386 e. The molecule has 170 valence electrons. The summed E-state index contributed by atoms with van der Waals surface area (Å²) in [5.41, 5.74) is 4.09. The van der Waals surface area contributed by atoms with Crippen LogP contribution in [0.25, 0.3) is 26.8 Å². The number of primary sulfonamides is 1. The normalized spacial score (nSPS) is 14.8. The number of hydrogen-bond acceptors (Lipinski definition) is 6. The van der Waals surface area contributed by atoms with Gasteiger partial charge in [0.15, 0.2) is 0 Å². The quantitative estimate of drug-likeness (QED) is 0.292. The maximum Gasteiger partial charge on any atom is 0.260 e. The molecule has 0 spiro atoms. The molecule has 2 heterocycles. The van der Waals surface area contributed by atoms with Crippen LogP contribution in [0.15, 0.2) is 83.2 Å². The van der Waals surface area contributed by atoms with E-state index in [0.29, 0.717) is 23.2 Å². The number of amides is 2. The van der Waals surface area contributed by atoms with Gasteiger partial charge in [0.05, 0.1) is 10.5 Å². The van der Waals surface area contributed by atoms with Crippen molar-refractivity contribution < 1.29 is 18.0 Å². The zero-order valence-corrected chi connectivity index (χ0v) is 19.4. The monoisotopic (exact) mass is 489 g/mol. The first-order valence-corrected chi connectivity index (χ1v) is 12.8. The topological polar surface area (TPSA) is 118 Å². The summed E-state index contributed by atoms with van der Waals surface area (Å²) in [6, 6.07) is 19.7. The number of carbonyl (C=O) groups is 2. The number of benzene rings is 3. The van der Waals surface area contributed by atoms with Crippen LogP contribution in [0.5, 0.6) is 0 Å². The molecule has 1 aliphatic heterocycles. The molecule has 3 aromatic carbocycles. The summed E-state index contributed by atoms with van der Waals surface area (Å²) < 4.78 is 24.0. The first-order valence-electron chi connectivity index (χ1n) is 10.3. The van der Waals surface area contributed by atoms with Crippen LogP contribution in [0.4, 0.5) is 0 Å². The first-order chi connectivity index (χ1) is 16.3. The number of nitrogens with two attached hydrogens (primary N) is 1. The molecular weight excluding hydrogens is 470 g/mol. The molecule has 0 saturated heterocycles. The van der Waals surface area contributed by atoms with Gasteiger partial charge in [-0.1, -0.05) is 36.4 Å². The van der Waals surface area contributed by atoms with Gasteiger partial charge in [0.1, 0.15) is 0 Å². The Morgan fingerprint density at radius 1 is 0.912 bits per heavy atom.